The van der Waals surface area contributed by atoms with E-state index in [4.69, 9.17) is 0 Å². The van der Waals surface area contributed by atoms with E-state index in [1.807, 2.05) is 0 Å². The Morgan fingerprint density at radius 3 is 2.50 bits per heavy atom. The molecule has 0 radical (unpaired) electrons. The second-order valence-electron chi connectivity index (χ2n) is 6.52. The SMILES string of the molecule is CCCN1CCC(NC(=O)c2ccc3c(c2)C(=O)N(C)C3=O)CC1. The van der Waals surface area contributed by atoms with Gasteiger partial charge in [-0.2, -0.15) is 0 Å². The average Bonchev–Trinajstić information content (AvgIpc) is 2.81. The second-order valence-corrected chi connectivity index (χ2v) is 6.52. The highest BCUT2D eigenvalue weighted by molar-refractivity contribution is 6.21. The zero-order valence-corrected chi connectivity index (χ0v) is 14.2. The van der Waals surface area contributed by atoms with E-state index in [9.17, 15) is 14.4 Å². The van der Waals surface area contributed by atoms with Crippen LogP contribution >= 0.6 is 0 Å². The van der Waals surface area contributed by atoms with Crippen molar-refractivity contribution in [3.63, 3.8) is 0 Å². The molecular weight excluding hydrogens is 306 g/mol. The van der Waals surface area contributed by atoms with Crippen molar-refractivity contribution in [2.45, 2.75) is 32.2 Å². The maximum Gasteiger partial charge on any atom is 0.261 e. The van der Waals surface area contributed by atoms with Gasteiger partial charge in [-0.25, -0.2) is 0 Å². The summed E-state index contributed by atoms with van der Waals surface area (Å²) in [6, 6.07) is 4.88. The van der Waals surface area contributed by atoms with Crippen LogP contribution in [0.25, 0.3) is 0 Å². The molecule has 0 saturated carbocycles. The van der Waals surface area contributed by atoms with E-state index in [2.05, 4.69) is 17.1 Å². The third-order valence-corrected chi connectivity index (χ3v) is 4.81. The van der Waals surface area contributed by atoms with E-state index in [0.717, 1.165) is 43.8 Å². The Morgan fingerprint density at radius 2 is 1.83 bits per heavy atom. The Labute approximate surface area is 141 Å². The summed E-state index contributed by atoms with van der Waals surface area (Å²) < 4.78 is 0. The minimum atomic E-state index is -0.350. The van der Waals surface area contributed by atoms with Crippen LogP contribution in [0.15, 0.2) is 18.2 Å². The first-order valence-corrected chi connectivity index (χ1v) is 8.51. The normalized spacial score (nSPS) is 18.8. The van der Waals surface area contributed by atoms with Gasteiger partial charge in [0.25, 0.3) is 17.7 Å². The van der Waals surface area contributed by atoms with E-state index in [1.54, 1.807) is 12.1 Å². The molecule has 1 saturated heterocycles. The minimum Gasteiger partial charge on any atom is -0.349 e. The first-order valence-electron chi connectivity index (χ1n) is 8.51. The maximum atomic E-state index is 12.5. The van der Waals surface area contributed by atoms with E-state index in [0.29, 0.717) is 16.7 Å². The molecule has 128 valence electrons. The van der Waals surface area contributed by atoms with Gasteiger partial charge in [-0.15, -0.1) is 0 Å². The molecule has 1 fully saturated rings. The highest BCUT2D eigenvalue weighted by atomic mass is 16.2. The third kappa shape index (κ3) is 3.06. The van der Waals surface area contributed by atoms with Crippen molar-refractivity contribution in [2.75, 3.05) is 26.7 Å². The molecular formula is C18H23N3O3. The number of hydrogen-bond donors (Lipinski definition) is 1. The number of imide groups is 1. The number of piperidine rings is 1. The lowest BCUT2D eigenvalue weighted by molar-refractivity contribution is 0.0693. The minimum absolute atomic E-state index is 0.166. The van der Waals surface area contributed by atoms with Crippen LogP contribution in [-0.2, 0) is 0 Å². The van der Waals surface area contributed by atoms with Crippen LogP contribution in [-0.4, -0.2) is 60.2 Å². The van der Waals surface area contributed by atoms with Gasteiger partial charge < -0.3 is 10.2 Å². The van der Waals surface area contributed by atoms with Crippen molar-refractivity contribution >= 4 is 17.7 Å². The highest BCUT2D eigenvalue weighted by Gasteiger charge is 2.33. The zero-order valence-electron chi connectivity index (χ0n) is 14.2. The Hall–Kier alpha value is -2.21. The van der Waals surface area contributed by atoms with E-state index in [-0.39, 0.29) is 23.8 Å². The van der Waals surface area contributed by atoms with Crippen molar-refractivity contribution in [1.29, 1.82) is 0 Å². The number of carbonyl (C=O) groups is 3. The quantitative estimate of drug-likeness (QED) is 0.850. The van der Waals surface area contributed by atoms with Gasteiger partial charge in [-0.3, -0.25) is 19.3 Å². The lowest BCUT2D eigenvalue weighted by Crippen LogP contribution is -2.44. The molecule has 1 aromatic carbocycles. The molecule has 2 heterocycles. The third-order valence-electron chi connectivity index (χ3n) is 4.81. The number of nitrogens with zero attached hydrogens (tertiary/aromatic N) is 2. The molecule has 0 unspecified atom stereocenters. The van der Waals surface area contributed by atoms with Crippen LogP contribution in [0.5, 0.6) is 0 Å². The molecule has 0 aliphatic carbocycles. The summed E-state index contributed by atoms with van der Waals surface area (Å²) in [6.07, 6.45) is 3.03. The van der Waals surface area contributed by atoms with Crippen LogP contribution < -0.4 is 5.32 Å². The summed E-state index contributed by atoms with van der Waals surface area (Å²) in [4.78, 5) is 39.9. The molecule has 1 aromatic rings. The smallest absolute Gasteiger partial charge is 0.261 e. The number of nitrogens with one attached hydrogen (secondary N) is 1. The number of amides is 3. The molecule has 3 amide bonds. The summed E-state index contributed by atoms with van der Waals surface area (Å²) in [5.41, 5.74) is 1.11. The first-order chi connectivity index (χ1) is 11.5. The fraction of sp³-hybridized carbons (Fsp3) is 0.500. The van der Waals surface area contributed by atoms with Crippen LogP contribution in [0, 0.1) is 0 Å². The Morgan fingerprint density at radius 1 is 1.17 bits per heavy atom. The molecule has 0 aromatic heterocycles. The van der Waals surface area contributed by atoms with Gasteiger partial charge in [0.2, 0.25) is 0 Å². The highest BCUT2D eigenvalue weighted by Crippen LogP contribution is 2.23. The molecule has 2 aliphatic rings. The summed E-state index contributed by atoms with van der Waals surface area (Å²) in [6.45, 7) is 5.28. The summed E-state index contributed by atoms with van der Waals surface area (Å²) in [5, 5.41) is 3.05. The van der Waals surface area contributed by atoms with Crippen LogP contribution in [0.3, 0.4) is 0 Å². The average molecular weight is 329 g/mol. The van der Waals surface area contributed by atoms with Gasteiger partial charge >= 0.3 is 0 Å². The summed E-state index contributed by atoms with van der Waals surface area (Å²) in [7, 11) is 1.45. The largest absolute Gasteiger partial charge is 0.349 e. The molecule has 0 atom stereocenters. The molecule has 6 heteroatoms. The summed E-state index contributed by atoms with van der Waals surface area (Å²) >= 11 is 0. The van der Waals surface area contributed by atoms with Gasteiger partial charge in [-0.1, -0.05) is 6.92 Å². The molecule has 0 spiro atoms. The zero-order chi connectivity index (χ0) is 17.3. The Kier molecular flexibility index (Phi) is 4.66. The van der Waals surface area contributed by atoms with Crippen LogP contribution in [0.4, 0.5) is 0 Å². The van der Waals surface area contributed by atoms with E-state index in [1.165, 1.54) is 13.1 Å². The number of likely N-dealkylation sites (tertiary alicyclic amines) is 1. The van der Waals surface area contributed by atoms with Crippen LogP contribution in [0.1, 0.15) is 57.3 Å². The summed E-state index contributed by atoms with van der Waals surface area (Å²) in [5.74, 6) is -0.843. The van der Waals surface area contributed by atoms with Crippen molar-refractivity contribution < 1.29 is 14.4 Å². The van der Waals surface area contributed by atoms with Gasteiger partial charge in [0.05, 0.1) is 11.1 Å². The van der Waals surface area contributed by atoms with Crippen molar-refractivity contribution in [3.8, 4) is 0 Å². The van der Waals surface area contributed by atoms with Gasteiger partial charge in [0.15, 0.2) is 0 Å². The Balaban J connectivity index is 1.65. The van der Waals surface area contributed by atoms with E-state index >= 15 is 0 Å². The van der Waals surface area contributed by atoms with Gasteiger partial charge in [0.1, 0.15) is 0 Å². The topological polar surface area (TPSA) is 69.7 Å². The molecule has 0 bridgehead atoms. The van der Waals surface area contributed by atoms with Gasteiger partial charge in [-0.05, 0) is 44.0 Å². The predicted molar refractivity (Wildman–Crippen MR) is 90.1 cm³/mol. The lowest BCUT2D eigenvalue weighted by atomic mass is 10.0. The number of benzene rings is 1. The predicted octanol–water partition coefficient (Wildman–Crippen LogP) is 1.52. The van der Waals surface area contributed by atoms with Crippen molar-refractivity contribution in [2.24, 2.45) is 0 Å². The number of carbonyl (C=O) groups excluding carboxylic acids is 3. The second kappa shape index (κ2) is 6.73. The number of hydrogen-bond acceptors (Lipinski definition) is 4. The number of fused-ring (bicyclic) bond motifs is 1. The van der Waals surface area contributed by atoms with Crippen LogP contribution in [0.2, 0.25) is 0 Å². The molecule has 3 rings (SSSR count). The molecule has 6 nitrogen and oxygen atoms in total. The first kappa shape index (κ1) is 16.6. The molecule has 24 heavy (non-hydrogen) atoms. The number of rotatable bonds is 4. The van der Waals surface area contributed by atoms with Gasteiger partial charge in [0, 0.05) is 31.7 Å². The lowest BCUT2D eigenvalue weighted by Gasteiger charge is -2.32. The van der Waals surface area contributed by atoms with Crippen molar-refractivity contribution in [1.82, 2.24) is 15.1 Å². The van der Waals surface area contributed by atoms with Crippen molar-refractivity contribution in [3.05, 3.63) is 34.9 Å². The maximum absolute atomic E-state index is 12.5. The Bertz CT molecular complexity index is 678. The standard InChI is InChI=1S/C18H23N3O3/c1-3-8-21-9-6-13(7-10-21)19-16(22)12-4-5-14-15(11-12)18(24)20(2)17(14)23/h4-5,11,13H,3,6-10H2,1-2H3,(H,19,22). The molecule has 2 aliphatic heterocycles. The monoisotopic (exact) mass is 329 g/mol. The fourth-order valence-electron chi connectivity index (χ4n) is 3.39. The van der Waals surface area contributed by atoms with E-state index < -0.39 is 0 Å². The fourth-order valence-corrected chi connectivity index (χ4v) is 3.39. The molecule has 1 N–H and O–H groups in total.